The van der Waals surface area contributed by atoms with E-state index >= 15 is 0 Å². The molecule has 2 nitrogen and oxygen atoms in total. The van der Waals surface area contributed by atoms with E-state index in [-0.39, 0.29) is 17.9 Å². The lowest BCUT2D eigenvalue weighted by Crippen LogP contribution is -2.07. The van der Waals surface area contributed by atoms with Crippen LogP contribution in [0.2, 0.25) is 0 Å². The van der Waals surface area contributed by atoms with Gasteiger partial charge in [0.15, 0.2) is 17.4 Å². The minimum atomic E-state index is -4.83. The van der Waals surface area contributed by atoms with E-state index in [0.717, 1.165) is 0 Å². The highest BCUT2D eigenvalue weighted by atomic mass is 19.4. The summed E-state index contributed by atoms with van der Waals surface area (Å²) in [5.41, 5.74) is 4.41. The lowest BCUT2D eigenvalue weighted by Gasteiger charge is -2.11. The zero-order valence-corrected chi connectivity index (χ0v) is 9.84. The number of benzene rings is 2. The van der Waals surface area contributed by atoms with Gasteiger partial charge in [-0.15, -0.1) is 0 Å². The van der Waals surface area contributed by atoms with Gasteiger partial charge in [0.1, 0.15) is 5.75 Å². The van der Waals surface area contributed by atoms with Gasteiger partial charge in [-0.1, -0.05) is 0 Å². The Morgan fingerprint density at radius 1 is 0.900 bits per heavy atom. The van der Waals surface area contributed by atoms with E-state index in [9.17, 15) is 22.0 Å². The van der Waals surface area contributed by atoms with Crippen LogP contribution < -0.4 is 10.5 Å². The molecule has 0 fully saturated rings. The lowest BCUT2D eigenvalue weighted by atomic mass is 10.2. The molecule has 0 bridgehead atoms. The van der Waals surface area contributed by atoms with Crippen molar-refractivity contribution in [1.82, 2.24) is 0 Å². The standard InChI is InChI=1S/C13H8F5NO/c14-10-5-7(13(16,17)18)6-11(15)12(10)20-9-3-1-8(19)2-4-9/h1-6H,19H2. The van der Waals surface area contributed by atoms with Crippen LogP contribution in [-0.2, 0) is 6.18 Å². The largest absolute Gasteiger partial charge is 0.451 e. The summed E-state index contributed by atoms with van der Waals surface area (Å²) in [5, 5.41) is 0. The Hall–Kier alpha value is -2.31. The first-order chi connectivity index (χ1) is 9.27. The van der Waals surface area contributed by atoms with Crippen LogP contribution in [0.5, 0.6) is 11.5 Å². The molecule has 106 valence electrons. The van der Waals surface area contributed by atoms with E-state index in [1.807, 2.05) is 0 Å². The van der Waals surface area contributed by atoms with Crippen LogP contribution in [0.15, 0.2) is 36.4 Å². The predicted octanol–water partition coefficient (Wildman–Crippen LogP) is 4.36. The van der Waals surface area contributed by atoms with Gasteiger partial charge < -0.3 is 10.5 Å². The number of nitrogen functional groups attached to an aromatic ring is 1. The number of alkyl halides is 3. The molecule has 0 aromatic heterocycles. The third kappa shape index (κ3) is 2.98. The summed E-state index contributed by atoms with van der Waals surface area (Å²) in [6, 6.07) is 5.88. The maximum Gasteiger partial charge on any atom is 0.416 e. The van der Waals surface area contributed by atoms with Crippen LogP contribution in [0.1, 0.15) is 5.56 Å². The van der Waals surface area contributed by atoms with Crippen LogP contribution in [0.4, 0.5) is 27.6 Å². The van der Waals surface area contributed by atoms with E-state index in [0.29, 0.717) is 5.69 Å². The second-order valence-corrected chi connectivity index (χ2v) is 3.94. The number of nitrogens with two attached hydrogens (primary N) is 1. The van der Waals surface area contributed by atoms with Crippen molar-refractivity contribution in [2.75, 3.05) is 5.73 Å². The summed E-state index contributed by atoms with van der Waals surface area (Å²) in [6.07, 6.45) is -4.83. The van der Waals surface area contributed by atoms with E-state index in [2.05, 4.69) is 0 Å². The molecule has 20 heavy (non-hydrogen) atoms. The van der Waals surface area contributed by atoms with Gasteiger partial charge in [0, 0.05) is 5.69 Å². The van der Waals surface area contributed by atoms with Gasteiger partial charge in [0.25, 0.3) is 0 Å². The fourth-order valence-electron chi connectivity index (χ4n) is 1.47. The minimum Gasteiger partial charge on any atom is -0.451 e. The summed E-state index contributed by atoms with van der Waals surface area (Å²) in [7, 11) is 0. The zero-order valence-electron chi connectivity index (χ0n) is 9.84. The summed E-state index contributed by atoms with van der Waals surface area (Å²) >= 11 is 0. The Morgan fingerprint density at radius 3 is 1.85 bits per heavy atom. The van der Waals surface area contributed by atoms with Crippen molar-refractivity contribution in [3.63, 3.8) is 0 Å². The van der Waals surface area contributed by atoms with Crippen LogP contribution >= 0.6 is 0 Å². The topological polar surface area (TPSA) is 35.2 Å². The monoisotopic (exact) mass is 289 g/mol. The van der Waals surface area contributed by atoms with Gasteiger partial charge in [-0.25, -0.2) is 8.78 Å². The van der Waals surface area contributed by atoms with Crippen molar-refractivity contribution in [3.8, 4) is 11.5 Å². The molecule has 0 aliphatic heterocycles. The van der Waals surface area contributed by atoms with Gasteiger partial charge in [0.2, 0.25) is 0 Å². The molecule has 0 radical (unpaired) electrons. The number of hydrogen-bond acceptors (Lipinski definition) is 2. The number of ether oxygens (including phenoxy) is 1. The van der Waals surface area contributed by atoms with E-state index in [1.54, 1.807) is 0 Å². The Kier molecular flexibility index (Phi) is 3.52. The van der Waals surface area contributed by atoms with Crippen LogP contribution in [0.25, 0.3) is 0 Å². The normalized spacial score (nSPS) is 11.4. The first-order valence-electron chi connectivity index (χ1n) is 5.37. The average molecular weight is 289 g/mol. The highest BCUT2D eigenvalue weighted by Crippen LogP contribution is 2.35. The molecule has 0 amide bonds. The fourth-order valence-corrected chi connectivity index (χ4v) is 1.47. The molecular weight excluding hydrogens is 281 g/mol. The van der Waals surface area contributed by atoms with Crippen LogP contribution in [0.3, 0.4) is 0 Å². The molecule has 0 atom stereocenters. The molecule has 2 aromatic rings. The van der Waals surface area contributed by atoms with E-state index in [1.165, 1.54) is 24.3 Å². The quantitative estimate of drug-likeness (QED) is 0.658. The molecular formula is C13H8F5NO. The average Bonchev–Trinajstić information content (AvgIpc) is 2.34. The molecule has 7 heteroatoms. The molecule has 0 heterocycles. The predicted molar refractivity (Wildman–Crippen MR) is 62.3 cm³/mol. The van der Waals surface area contributed by atoms with Gasteiger partial charge in [-0.2, -0.15) is 13.2 Å². The van der Waals surface area contributed by atoms with Gasteiger partial charge >= 0.3 is 6.18 Å². The Balaban J connectivity index is 2.36. The van der Waals surface area contributed by atoms with Crippen molar-refractivity contribution in [2.45, 2.75) is 6.18 Å². The van der Waals surface area contributed by atoms with Crippen molar-refractivity contribution in [1.29, 1.82) is 0 Å². The summed E-state index contributed by atoms with van der Waals surface area (Å²) < 4.78 is 69.0. The second kappa shape index (κ2) is 4.99. The molecule has 0 spiro atoms. The molecule has 0 aliphatic carbocycles. The maximum absolute atomic E-state index is 13.5. The summed E-state index contributed by atoms with van der Waals surface area (Å²) in [5.74, 6) is -3.72. The molecule has 0 saturated carbocycles. The summed E-state index contributed by atoms with van der Waals surface area (Å²) in [4.78, 5) is 0. The highest BCUT2D eigenvalue weighted by molar-refractivity contribution is 5.43. The maximum atomic E-state index is 13.5. The molecule has 0 saturated heterocycles. The molecule has 0 aliphatic rings. The summed E-state index contributed by atoms with van der Waals surface area (Å²) in [6.45, 7) is 0. The van der Waals surface area contributed by atoms with E-state index in [4.69, 9.17) is 10.5 Å². The number of halogens is 5. The Morgan fingerprint density at radius 2 is 1.40 bits per heavy atom. The molecule has 2 rings (SSSR count). The number of hydrogen-bond donors (Lipinski definition) is 1. The lowest BCUT2D eigenvalue weighted by molar-refractivity contribution is -0.138. The first kappa shape index (κ1) is 14.1. The fraction of sp³-hybridized carbons (Fsp3) is 0.0769. The van der Waals surface area contributed by atoms with E-state index < -0.39 is 29.1 Å². The van der Waals surface area contributed by atoms with Gasteiger partial charge in [0.05, 0.1) is 5.56 Å². The van der Waals surface area contributed by atoms with Gasteiger partial charge in [-0.05, 0) is 36.4 Å². The van der Waals surface area contributed by atoms with Gasteiger partial charge in [-0.3, -0.25) is 0 Å². The Labute approximate surface area is 110 Å². The third-order valence-corrected chi connectivity index (χ3v) is 2.43. The molecule has 2 N–H and O–H groups in total. The van der Waals surface area contributed by atoms with Crippen LogP contribution in [0, 0.1) is 11.6 Å². The Bertz CT molecular complexity index is 599. The minimum absolute atomic E-state index is 0.0526. The molecule has 2 aromatic carbocycles. The number of rotatable bonds is 2. The smallest absolute Gasteiger partial charge is 0.416 e. The van der Waals surface area contributed by atoms with Crippen molar-refractivity contribution in [2.24, 2.45) is 0 Å². The first-order valence-corrected chi connectivity index (χ1v) is 5.37. The van der Waals surface area contributed by atoms with Crippen molar-refractivity contribution >= 4 is 5.69 Å². The SMILES string of the molecule is Nc1ccc(Oc2c(F)cc(C(F)(F)F)cc2F)cc1. The highest BCUT2D eigenvalue weighted by Gasteiger charge is 2.33. The van der Waals surface area contributed by atoms with Crippen molar-refractivity contribution in [3.05, 3.63) is 53.6 Å². The second-order valence-electron chi connectivity index (χ2n) is 3.94. The number of anilines is 1. The third-order valence-electron chi connectivity index (χ3n) is 2.43. The zero-order chi connectivity index (χ0) is 14.9. The molecule has 0 unspecified atom stereocenters. The van der Waals surface area contributed by atoms with Crippen molar-refractivity contribution < 1.29 is 26.7 Å². The van der Waals surface area contributed by atoms with Crippen LogP contribution in [-0.4, -0.2) is 0 Å².